The third-order valence-corrected chi connectivity index (χ3v) is 4.26. The molecule has 1 N–H and O–H groups in total. The van der Waals surface area contributed by atoms with Crippen molar-refractivity contribution in [3.05, 3.63) is 0 Å². The third-order valence-electron chi connectivity index (χ3n) is 3.99. The van der Waals surface area contributed by atoms with Crippen LogP contribution < -0.4 is 5.32 Å². The van der Waals surface area contributed by atoms with Gasteiger partial charge in [0.2, 0.25) is 5.91 Å². The van der Waals surface area contributed by atoms with Gasteiger partial charge >= 0.3 is 0 Å². The molecule has 2 nitrogen and oxygen atoms in total. The molecule has 0 aromatic rings. The summed E-state index contributed by atoms with van der Waals surface area (Å²) in [5.41, 5.74) is -0.0800. The average Bonchev–Trinajstić information content (AvgIpc) is 2.75. The largest absolute Gasteiger partial charge is 0.353 e. The molecule has 0 aromatic heterocycles. The summed E-state index contributed by atoms with van der Waals surface area (Å²) >= 11 is 5.69. The third kappa shape index (κ3) is 4.46. The summed E-state index contributed by atoms with van der Waals surface area (Å²) in [5, 5.41) is 3.21. The standard InChI is InChI=1S/C15H28ClNO/c1-12(2)11-15(8-4-5-9-15)14(18)17-13(3)7-6-10-16/h12-13H,4-11H2,1-3H3,(H,17,18). The van der Waals surface area contributed by atoms with Gasteiger partial charge < -0.3 is 5.32 Å². The van der Waals surface area contributed by atoms with Crippen molar-refractivity contribution in [2.75, 3.05) is 5.88 Å². The summed E-state index contributed by atoms with van der Waals surface area (Å²) in [7, 11) is 0. The van der Waals surface area contributed by atoms with E-state index in [9.17, 15) is 4.79 Å². The second kappa shape index (κ2) is 7.37. The lowest BCUT2D eigenvalue weighted by Crippen LogP contribution is -2.44. The highest BCUT2D eigenvalue weighted by atomic mass is 35.5. The molecule has 0 heterocycles. The number of hydrogen-bond donors (Lipinski definition) is 1. The van der Waals surface area contributed by atoms with Crippen LogP contribution >= 0.6 is 11.6 Å². The highest BCUT2D eigenvalue weighted by molar-refractivity contribution is 6.17. The molecule has 1 fully saturated rings. The molecule has 3 heteroatoms. The summed E-state index contributed by atoms with van der Waals surface area (Å²) in [5.74, 6) is 1.56. The number of carbonyl (C=O) groups excluding carboxylic acids is 1. The van der Waals surface area contributed by atoms with E-state index in [1.807, 2.05) is 0 Å². The lowest BCUT2D eigenvalue weighted by Gasteiger charge is -2.31. The van der Waals surface area contributed by atoms with Gasteiger partial charge in [0.05, 0.1) is 0 Å². The minimum absolute atomic E-state index is 0.0800. The maximum Gasteiger partial charge on any atom is 0.226 e. The van der Waals surface area contributed by atoms with Crippen molar-refractivity contribution < 1.29 is 4.79 Å². The number of hydrogen-bond acceptors (Lipinski definition) is 1. The number of rotatable bonds is 7. The van der Waals surface area contributed by atoms with Crippen LogP contribution in [0.25, 0.3) is 0 Å². The van der Waals surface area contributed by atoms with Crippen LogP contribution in [0.3, 0.4) is 0 Å². The molecule has 1 aliphatic carbocycles. The van der Waals surface area contributed by atoms with Crippen LogP contribution in [0.1, 0.15) is 65.7 Å². The normalized spacial score (nSPS) is 20.1. The van der Waals surface area contributed by atoms with E-state index in [2.05, 4.69) is 26.1 Å². The maximum absolute atomic E-state index is 12.5. The van der Waals surface area contributed by atoms with Gasteiger partial charge in [-0.2, -0.15) is 0 Å². The van der Waals surface area contributed by atoms with Gasteiger partial charge in [0.25, 0.3) is 0 Å². The monoisotopic (exact) mass is 273 g/mol. The molecular formula is C15H28ClNO. The first-order chi connectivity index (χ1) is 8.50. The fraction of sp³-hybridized carbons (Fsp3) is 0.933. The van der Waals surface area contributed by atoms with Crippen LogP contribution in [0.2, 0.25) is 0 Å². The van der Waals surface area contributed by atoms with Gasteiger partial charge in [0, 0.05) is 17.3 Å². The maximum atomic E-state index is 12.5. The van der Waals surface area contributed by atoms with E-state index in [0.29, 0.717) is 11.8 Å². The molecule has 106 valence electrons. The Morgan fingerprint density at radius 3 is 2.39 bits per heavy atom. The van der Waals surface area contributed by atoms with Crippen molar-refractivity contribution in [3.63, 3.8) is 0 Å². The van der Waals surface area contributed by atoms with Gasteiger partial charge in [-0.15, -0.1) is 11.6 Å². The number of alkyl halides is 1. The van der Waals surface area contributed by atoms with Crippen molar-refractivity contribution in [2.24, 2.45) is 11.3 Å². The zero-order valence-electron chi connectivity index (χ0n) is 12.1. The van der Waals surface area contributed by atoms with Crippen LogP contribution in [0.4, 0.5) is 0 Å². The number of amides is 1. The van der Waals surface area contributed by atoms with Gasteiger partial charge in [0.15, 0.2) is 0 Å². The Morgan fingerprint density at radius 1 is 1.28 bits per heavy atom. The van der Waals surface area contributed by atoms with Crippen molar-refractivity contribution >= 4 is 17.5 Å². The molecular weight excluding hydrogens is 246 g/mol. The van der Waals surface area contributed by atoms with Crippen LogP contribution in [0, 0.1) is 11.3 Å². The second-order valence-corrected chi connectivity index (χ2v) is 6.67. The average molecular weight is 274 g/mol. The van der Waals surface area contributed by atoms with E-state index >= 15 is 0 Å². The molecule has 0 radical (unpaired) electrons. The van der Waals surface area contributed by atoms with Crippen molar-refractivity contribution in [1.82, 2.24) is 5.32 Å². The van der Waals surface area contributed by atoms with Crippen LogP contribution in [-0.4, -0.2) is 17.8 Å². The molecule has 18 heavy (non-hydrogen) atoms. The molecule has 1 saturated carbocycles. The van der Waals surface area contributed by atoms with E-state index in [4.69, 9.17) is 11.6 Å². The number of carbonyl (C=O) groups is 1. The first-order valence-corrected chi connectivity index (χ1v) is 7.90. The minimum atomic E-state index is -0.0800. The summed E-state index contributed by atoms with van der Waals surface area (Å²) in [6.45, 7) is 6.51. The van der Waals surface area contributed by atoms with Crippen LogP contribution in [0.15, 0.2) is 0 Å². The van der Waals surface area contributed by atoms with Crippen molar-refractivity contribution in [3.8, 4) is 0 Å². The lowest BCUT2D eigenvalue weighted by molar-refractivity contribution is -0.132. The first kappa shape index (κ1) is 15.8. The smallest absolute Gasteiger partial charge is 0.226 e. The van der Waals surface area contributed by atoms with E-state index in [-0.39, 0.29) is 17.4 Å². The Labute approximate surface area is 117 Å². The predicted molar refractivity (Wildman–Crippen MR) is 77.9 cm³/mol. The van der Waals surface area contributed by atoms with E-state index in [0.717, 1.165) is 32.1 Å². The fourth-order valence-corrected chi connectivity index (χ4v) is 3.34. The van der Waals surface area contributed by atoms with Gasteiger partial charge in [-0.3, -0.25) is 4.79 Å². The number of halogens is 1. The Kier molecular flexibility index (Phi) is 6.48. The Morgan fingerprint density at radius 2 is 1.89 bits per heavy atom. The molecule has 0 bridgehead atoms. The Balaban J connectivity index is 2.55. The van der Waals surface area contributed by atoms with Gasteiger partial charge in [-0.1, -0.05) is 26.7 Å². The van der Waals surface area contributed by atoms with Crippen LogP contribution in [0.5, 0.6) is 0 Å². The summed E-state index contributed by atoms with van der Waals surface area (Å²) < 4.78 is 0. The van der Waals surface area contributed by atoms with Crippen molar-refractivity contribution in [1.29, 1.82) is 0 Å². The predicted octanol–water partition coefficient (Wildman–Crippen LogP) is 4.12. The highest BCUT2D eigenvalue weighted by Gasteiger charge is 2.41. The molecule has 1 rings (SSSR count). The van der Waals surface area contributed by atoms with Gasteiger partial charge in [0.1, 0.15) is 0 Å². The fourth-order valence-electron chi connectivity index (χ4n) is 3.19. The molecule has 0 aromatic carbocycles. The SMILES string of the molecule is CC(C)CC1(C(=O)NC(C)CCCCl)CCCC1. The topological polar surface area (TPSA) is 29.1 Å². The Bertz CT molecular complexity index is 259. The van der Waals surface area contributed by atoms with Gasteiger partial charge in [-0.05, 0) is 44.9 Å². The summed E-state index contributed by atoms with van der Waals surface area (Å²) in [6, 6.07) is 0.251. The highest BCUT2D eigenvalue weighted by Crippen LogP contribution is 2.43. The molecule has 1 aliphatic rings. The Hall–Kier alpha value is -0.240. The van der Waals surface area contributed by atoms with E-state index < -0.39 is 0 Å². The first-order valence-electron chi connectivity index (χ1n) is 7.37. The zero-order valence-corrected chi connectivity index (χ0v) is 12.9. The lowest BCUT2D eigenvalue weighted by atomic mass is 9.77. The molecule has 1 unspecified atom stereocenters. The molecule has 0 saturated heterocycles. The summed E-state index contributed by atoms with van der Waals surface area (Å²) in [4.78, 5) is 12.5. The van der Waals surface area contributed by atoms with E-state index in [1.54, 1.807) is 0 Å². The van der Waals surface area contributed by atoms with Gasteiger partial charge in [-0.25, -0.2) is 0 Å². The van der Waals surface area contributed by atoms with Crippen LogP contribution in [-0.2, 0) is 4.79 Å². The second-order valence-electron chi connectivity index (χ2n) is 6.29. The van der Waals surface area contributed by atoms with Crippen molar-refractivity contribution in [2.45, 2.75) is 71.8 Å². The quantitative estimate of drug-likeness (QED) is 0.695. The molecule has 0 aliphatic heterocycles. The minimum Gasteiger partial charge on any atom is -0.353 e. The zero-order chi connectivity index (χ0) is 13.6. The molecule has 1 amide bonds. The van der Waals surface area contributed by atoms with E-state index in [1.165, 1.54) is 12.8 Å². The molecule has 1 atom stereocenters. The summed E-state index contributed by atoms with van der Waals surface area (Å²) in [6.07, 6.45) is 7.53. The molecule has 0 spiro atoms. The number of nitrogens with one attached hydrogen (secondary N) is 1.